The lowest BCUT2D eigenvalue weighted by Crippen LogP contribution is -2.40. The third-order valence-electron chi connectivity index (χ3n) is 3.87. The first-order valence-electron chi connectivity index (χ1n) is 6.67. The number of ether oxygens (including phenoxy) is 1. The second-order valence-corrected chi connectivity index (χ2v) is 5.48. The first-order valence-corrected chi connectivity index (χ1v) is 6.67. The molecule has 0 radical (unpaired) electrons. The van der Waals surface area contributed by atoms with E-state index in [9.17, 15) is 19.1 Å². The van der Waals surface area contributed by atoms with E-state index < -0.39 is 23.1 Å². The molecule has 1 N–H and O–H groups in total. The number of methoxy groups -OCH3 is 1. The quantitative estimate of drug-likeness (QED) is 0.918. The molecule has 1 amide bonds. The highest BCUT2D eigenvalue weighted by molar-refractivity contribution is 5.95. The van der Waals surface area contributed by atoms with Crippen molar-refractivity contribution in [1.82, 2.24) is 4.90 Å². The molecule has 1 aromatic rings. The van der Waals surface area contributed by atoms with Crippen LogP contribution in [0.1, 0.15) is 22.3 Å². The van der Waals surface area contributed by atoms with Gasteiger partial charge in [-0.3, -0.25) is 9.59 Å². The Bertz CT molecular complexity index is 575. The van der Waals surface area contributed by atoms with Crippen molar-refractivity contribution in [3.05, 3.63) is 35.1 Å². The van der Waals surface area contributed by atoms with Gasteiger partial charge in [0.1, 0.15) is 11.2 Å². The van der Waals surface area contributed by atoms with Crippen LogP contribution in [0.15, 0.2) is 18.2 Å². The Morgan fingerprint density at radius 1 is 1.48 bits per heavy atom. The summed E-state index contributed by atoms with van der Waals surface area (Å²) in [6.45, 7) is 2.11. The van der Waals surface area contributed by atoms with Crippen molar-refractivity contribution in [3.63, 3.8) is 0 Å². The summed E-state index contributed by atoms with van der Waals surface area (Å²) in [5.74, 6) is -2.06. The largest absolute Gasteiger partial charge is 0.481 e. The van der Waals surface area contributed by atoms with Gasteiger partial charge in [0, 0.05) is 20.2 Å². The number of nitrogens with zero attached hydrogens (tertiary/aromatic N) is 1. The van der Waals surface area contributed by atoms with E-state index >= 15 is 0 Å². The van der Waals surface area contributed by atoms with Gasteiger partial charge in [0.2, 0.25) is 0 Å². The predicted octanol–water partition coefficient (Wildman–Crippen LogP) is 1.70. The van der Waals surface area contributed by atoms with Crippen LogP contribution >= 0.6 is 0 Å². The van der Waals surface area contributed by atoms with E-state index in [1.165, 1.54) is 24.1 Å². The van der Waals surface area contributed by atoms with Gasteiger partial charge in [-0.25, -0.2) is 4.39 Å². The summed E-state index contributed by atoms with van der Waals surface area (Å²) in [5.41, 5.74) is -0.348. The van der Waals surface area contributed by atoms with E-state index in [2.05, 4.69) is 0 Å². The lowest BCUT2D eigenvalue weighted by Gasteiger charge is -2.24. The predicted molar refractivity (Wildman–Crippen MR) is 73.6 cm³/mol. The standard InChI is InChI=1S/C15H18FNO4/c1-10-3-4-12(16)11(7-10)13(18)17-6-5-15(8-17,9-21-2)14(19)20/h3-4,7H,5-6,8-9H2,1-2H3,(H,19,20). The number of halogens is 1. The Hall–Kier alpha value is -1.95. The van der Waals surface area contributed by atoms with Crippen molar-refractivity contribution in [2.24, 2.45) is 5.41 Å². The second-order valence-electron chi connectivity index (χ2n) is 5.48. The number of carboxylic acids is 1. The van der Waals surface area contributed by atoms with Crippen molar-refractivity contribution in [1.29, 1.82) is 0 Å². The Labute approximate surface area is 122 Å². The first-order chi connectivity index (χ1) is 9.89. The Morgan fingerprint density at radius 2 is 2.19 bits per heavy atom. The number of carbonyl (C=O) groups is 2. The fourth-order valence-corrected chi connectivity index (χ4v) is 2.65. The third-order valence-corrected chi connectivity index (χ3v) is 3.87. The minimum Gasteiger partial charge on any atom is -0.481 e. The molecule has 21 heavy (non-hydrogen) atoms. The normalized spacial score (nSPS) is 21.6. The number of benzene rings is 1. The van der Waals surface area contributed by atoms with Gasteiger partial charge in [-0.1, -0.05) is 11.6 Å². The van der Waals surface area contributed by atoms with Crippen LogP contribution in [-0.4, -0.2) is 48.7 Å². The maximum absolute atomic E-state index is 13.8. The summed E-state index contributed by atoms with van der Waals surface area (Å²) >= 11 is 0. The zero-order valence-corrected chi connectivity index (χ0v) is 12.1. The zero-order chi connectivity index (χ0) is 15.6. The van der Waals surface area contributed by atoms with E-state index in [-0.39, 0.29) is 25.3 Å². The monoisotopic (exact) mass is 295 g/mol. The van der Waals surface area contributed by atoms with Crippen molar-refractivity contribution < 1.29 is 23.8 Å². The molecule has 0 saturated carbocycles. The van der Waals surface area contributed by atoms with Gasteiger partial charge in [-0.15, -0.1) is 0 Å². The lowest BCUT2D eigenvalue weighted by atomic mass is 9.88. The molecule has 0 aromatic heterocycles. The van der Waals surface area contributed by atoms with Crippen LogP contribution < -0.4 is 0 Å². The molecular weight excluding hydrogens is 277 g/mol. The average Bonchev–Trinajstić information content (AvgIpc) is 2.87. The number of aliphatic carboxylic acids is 1. The summed E-state index contributed by atoms with van der Waals surface area (Å²) in [7, 11) is 1.43. The number of aryl methyl sites for hydroxylation is 1. The molecule has 0 bridgehead atoms. The van der Waals surface area contributed by atoms with Gasteiger partial charge in [-0.05, 0) is 25.5 Å². The molecule has 114 valence electrons. The minimum absolute atomic E-state index is 0.0198. The number of carboxylic acid groups (broad SMARTS) is 1. The van der Waals surface area contributed by atoms with Crippen molar-refractivity contribution >= 4 is 11.9 Å². The maximum Gasteiger partial charge on any atom is 0.313 e. The highest BCUT2D eigenvalue weighted by Crippen LogP contribution is 2.32. The van der Waals surface area contributed by atoms with Crippen LogP contribution in [0, 0.1) is 18.2 Å². The van der Waals surface area contributed by atoms with E-state index in [0.29, 0.717) is 6.42 Å². The number of amides is 1. The van der Waals surface area contributed by atoms with E-state index in [1.54, 1.807) is 13.0 Å². The van der Waals surface area contributed by atoms with E-state index in [4.69, 9.17) is 4.74 Å². The Balaban J connectivity index is 2.22. The minimum atomic E-state index is -1.11. The van der Waals surface area contributed by atoms with Crippen LogP contribution in [0.25, 0.3) is 0 Å². The summed E-state index contributed by atoms with van der Waals surface area (Å²) in [6, 6.07) is 4.32. The number of hydrogen-bond donors (Lipinski definition) is 1. The van der Waals surface area contributed by atoms with Gasteiger partial charge < -0.3 is 14.7 Å². The Morgan fingerprint density at radius 3 is 2.81 bits per heavy atom. The molecular formula is C15H18FNO4. The molecule has 1 aliphatic heterocycles. The third kappa shape index (κ3) is 2.90. The molecule has 1 atom stereocenters. The zero-order valence-electron chi connectivity index (χ0n) is 12.1. The van der Waals surface area contributed by atoms with Gasteiger partial charge in [0.05, 0.1) is 12.2 Å². The highest BCUT2D eigenvalue weighted by Gasteiger charge is 2.46. The number of carbonyl (C=O) groups excluding carboxylic acids is 1. The van der Waals surface area contributed by atoms with Crippen molar-refractivity contribution in [2.45, 2.75) is 13.3 Å². The molecule has 1 saturated heterocycles. The SMILES string of the molecule is COCC1(C(=O)O)CCN(C(=O)c2cc(C)ccc2F)C1. The number of rotatable bonds is 4. The van der Waals surface area contributed by atoms with Crippen LogP contribution in [0.3, 0.4) is 0 Å². The molecule has 1 heterocycles. The topological polar surface area (TPSA) is 66.8 Å². The molecule has 2 rings (SSSR count). The van der Waals surface area contributed by atoms with Crippen LogP contribution in [0.2, 0.25) is 0 Å². The molecule has 1 fully saturated rings. The molecule has 1 aliphatic rings. The smallest absolute Gasteiger partial charge is 0.313 e. The fraction of sp³-hybridized carbons (Fsp3) is 0.467. The summed E-state index contributed by atoms with van der Waals surface area (Å²) in [6.07, 6.45) is 0.301. The van der Waals surface area contributed by atoms with Crippen molar-refractivity contribution in [2.75, 3.05) is 26.8 Å². The molecule has 5 nitrogen and oxygen atoms in total. The summed E-state index contributed by atoms with van der Waals surface area (Å²) in [4.78, 5) is 25.2. The van der Waals surface area contributed by atoms with Crippen LogP contribution in [0.4, 0.5) is 4.39 Å². The fourth-order valence-electron chi connectivity index (χ4n) is 2.65. The van der Waals surface area contributed by atoms with E-state index in [0.717, 1.165) is 5.56 Å². The second kappa shape index (κ2) is 5.81. The van der Waals surface area contributed by atoms with Crippen molar-refractivity contribution in [3.8, 4) is 0 Å². The summed E-state index contributed by atoms with van der Waals surface area (Å²) < 4.78 is 18.8. The molecule has 1 aromatic carbocycles. The first kappa shape index (κ1) is 15.4. The molecule has 0 spiro atoms. The summed E-state index contributed by atoms with van der Waals surface area (Å²) in [5, 5.41) is 9.37. The van der Waals surface area contributed by atoms with Crippen LogP contribution in [0.5, 0.6) is 0 Å². The lowest BCUT2D eigenvalue weighted by molar-refractivity contribution is -0.151. The molecule has 1 unspecified atom stereocenters. The Kier molecular flexibility index (Phi) is 4.27. The van der Waals surface area contributed by atoms with Gasteiger partial charge in [0.15, 0.2) is 0 Å². The molecule has 6 heteroatoms. The van der Waals surface area contributed by atoms with Gasteiger partial charge in [-0.2, -0.15) is 0 Å². The van der Waals surface area contributed by atoms with Gasteiger partial charge in [0.25, 0.3) is 5.91 Å². The highest BCUT2D eigenvalue weighted by atomic mass is 19.1. The maximum atomic E-state index is 13.8. The molecule has 0 aliphatic carbocycles. The number of hydrogen-bond acceptors (Lipinski definition) is 3. The van der Waals surface area contributed by atoms with E-state index in [1.807, 2.05) is 0 Å². The number of likely N-dealkylation sites (tertiary alicyclic amines) is 1. The van der Waals surface area contributed by atoms with Crippen LogP contribution in [-0.2, 0) is 9.53 Å². The average molecular weight is 295 g/mol. The van der Waals surface area contributed by atoms with Gasteiger partial charge >= 0.3 is 5.97 Å².